The number of nitrogens with zero attached hydrogens (tertiary/aromatic N) is 1. The molecule has 0 spiro atoms. The summed E-state index contributed by atoms with van der Waals surface area (Å²) in [5.41, 5.74) is 6.70. The molecule has 3 nitrogen and oxygen atoms in total. The van der Waals surface area contributed by atoms with Crippen LogP contribution in [0.5, 0.6) is 0 Å². The van der Waals surface area contributed by atoms with E-state index in [9.17, 15) is 4.39 Å². The first-order valence-corrected chi connectivity index (χ1v) is 7.03. The number of nitrogens with one attached hydrogen (secondary N) is 1. The highest BCUT2D eigenvalue weighted by Gasteiger charge is 2.13. The van der Waals surface area contributed by atoms with E-state index in [1.807, 2.05) is 0 Å². The number of halogens is 3. The Morgan fingerprint density at radius 2 is 2.05 bits per heavy atom. The zero-order valence-electron chi connectivity index (χ0n) is 11.2. The number of aliphatic imine (C=N–C) groups is 1. The number of hydrogen-bond donors (Lipinski definition) is 2. The van der Waals surface area contributed by atoms with E-state index in [-0.39, 0.29) is 29.0 Å². The molecule has 1 aliphatic carbocycles. The first-order valence-electron chi connectivity index (χ1n) is 6.65. The molecule has 112 valence electrons. The highest BCUT2D eigenvalue weighted by atomic mass is 127. The molecule has 3 N–H and O–H groups in total. The van der Waals surface area contributed by atoms with Crippen molar-refractivity contribution in [2.45, 2.75) is 44.7 Å². The van der Waals surface area contributed by atoms with Crippen molar-refractivity contribution >= 4 is 41.5 Å². The van der Waals surface area contributed by atoms with Gasteiger partial charge in [-0.1, -0.05) is 36.9 Å². The maximum Gasteiger partial charge on any atom is 0.189 e. The molecule has 0 aromatic heterocycles. The number of hydrogen-bond acceptors (Lipinski definition) is 1. The lowest BCUT2D eigenvalue weighted by Crippen LogP contribution is -2.41. The predicted octanol–water partition coefficient (Wildman–Crippen LogP) is 3.83. The van der Waals surface area contributed by atoms with Gasteiger partial charge in [0.05, 0.1) is 11.6 Å². The fourth-order valence-corrected chi connectivity index (χ4v) is 2.52. The number of benzene rings is 1. The van der Waals surface area contributed by atoms with E-state index in [1.165, 1.54) is 25.3 Å². The van der Waals surface area contributed by atoms with Crippen LogP contribution in [0.2, 0.25) is 5.02 Å². The molecule has 0 aliphatic heterocycles. The number of nitrogens with two attached hydrogens (primary N) is 1. The van der Waals surface area contributed by atoms with Gasteiger partial charge in [0.2, 0.25) is 0 Å². The molecule has 1 fully saturated rings. The van der Waals surface area contributed by atoms with Crippen molar-refractivity contribution in [3.63, 3.8) is 0 Å². The third-order valence-corrected chi connectivity index (χ3v) is 3.66. The van der Waals surface area contributed by atoms with Gasteiger partial charge in [0.1, 0.15) is 5.82 Å². The molecular formula is C14H20ClFIN3. The summed E-state index contributed by atoms with van der Waals surface area (Å²) < 4.78 is 13.0. The molecule has 0 atom stereocenters. The van der Waals surface area contributed by atoms with Crippen molar-refractivity contribution in [1.29, 1.82) is 0 Å². The van der Waals surface area contributed by atoms with Crippen LogP contribution in [-0.2, 0) is 6.54 Å². The molecule has 1 aromatic carbocycles. The van der Waals surface area contributed by atoms with Crippen LogP contribution in [0.1, 0.15) is 37.7 Å². The second-order valence-electron chi connectivity index (χ2n) is 4.93. The maximum absolute atomic E-state index is 13.0. The standard InChI is InChI=1S/C14H19ClFN3.HI/c15-12-8-10(6-7-13(12)16)9-18-14(17)19-11-4-2-1-3-5-11;/h6-8,11H,1-5,9H2,(H3,17,18,19);1H. The molecule has 0 amide bonds. The Balaban J connectivity index is 0.00000200. The summed E-state index contributed by atoms with van der Waals surface area (Å²) in [7, 11) is 0. The van der Waals surface area contributed by atoms with Gasteiger partial charge in [-0.25, -0.2) is 9.38 Å². The summed E-state index contributed by atoms with van der Waals surface area (Å²) in [6, 6.07) is 5.03. The average molecular weight is 412 g/mol. The molecule has 1 saturated carbocycles. The van der Waals surface area contributed by atoms with Gasteiger partial charge >= 0.3 is 0 Å². The molecule has 0 radical (unpaired) electrons. The van der Waals surface area contributed by atoms with Crippen LogP contribution in [0, 0.1) is 5.82 Å². The lowest BCUT2D eigenvalue weighted by atomic mass is 9.96. The zero-order chi connectivity index (χ0) is 13.7. The second-order valence-corrected chi connectivity index (χ2v) is 5.34. The van der Waals surface area contributed by atoms with Gasteiger partial charge < -0.3 is 11.1 Å². The second kappa shape index (κ2) is 8.67. The molecule has 0 unspecified atom stereocenters. The topological polar surface area (TPSA) is 50.4 Å². The van der Waals surface area contributed by atoms with Gasteiger partial charge in [0, 0.05) is 6.04 Å². The van der Waals surface area contributed by atoms with Crippen LogP contribution in [0.4, 0.5) is 4.39 Å². The van der Waals surface area contributed by atoms with Crippen molar-refractivity contribution in [1.82, 2.24) is 5.32 Å². The molecule has 0 saturated heterocycles. The predicted molar refractivity (Wildman–Crippen MR) is 92.2 cm³/mol. The summed E-state index contributed by atoms with van der Waals surface area (Å²) in [4.78, 5) is 4.26. The van der Waals surface area contributed by atoms with Gasteiger partial charge in [0.15, 0.2) is 5.96 Å². The normalized spacial score (nSPS) is 16.6. The molecular weight excluding hydrogens is 392 g/mol. The van der Waals surface area contributed by atoms with Crippen LogP contribution in [0.3, 0.4) is 0 Å². The zero-order valence-corrected chi connectivity index (χ0v) is 14.3. The first kappa shape index (κ1) is 17.5. The molecule has 0 bridgehead atoms. The van der Waals surface area contributed by atoms with Crippen LogP contribution >= 0.6 is 35.6 Å². The molecule has 1 aromatic rings. The Labute approximate surface area is 141 Å². The minimum absolute atomic E-state index is 0. The van der Waals surface area contributed by atoms with Gasteiger partial charge in [-0.3, -0.25) is 0 Å². The summed E-state index contributed by atoms with van der Waals surface area (Å²) in [6.45, 7) is 0.408. The summed E-state index contributed by atoms with van der Waals surface area (Å²) >= 11 is 5.71. The highest BCUT2D eigenvalue weighted by molar-refractivity contribution is 14.0. The summed E-state index contributed by atoms with van der Waals surface area (Å²) in [5, 5.41) is 3.35. The van der Waals surface area contributed by atoms with Crippen molar-refractivity contribution in [3.05, 3.63) is 34.6 Å². The maximum atomic E-state index is 13.0. The molecule has 0 heterocycles. The largest absolute Gasteiger partial charge is 0.370 e. The SMILES string of the molecule is I.NC(=NCc1ccc(F)c(Cl)c1)NC1CCCCC1. The fourth-order valence-electron chi connectivity index (χ4n) is 2.32. The van der Waals surface area contributed by atoms with Gasteiger partial charge in [0.25, 0.3) is 0 Å². The molecule has 6 heteroatoms. The van der Waals surface area contributed by atoms with Crippen LogP contribution in [-0.4, -0.2) is 12.0 Å². The monoisotopic (exact) mass is 411 g/mol. The van der Waals surface area contributed by atoms with Gasteiger partial charge in [-0.05, 0) is 30.5 Å². The summed E-state index contributed by atoms with van der Waals surface area (Å²) in [5.74, 6) is 0.0371. The Kier molecular flexibility index (Phi) is 7.58. The van der Waals surface area contributed by atoms with E-state index < -0.39 is 5.82 Å². The third kappa shape index (κ3) is 5.44. The number of rotatable bonds is 3. The fraction of sp³-hybridized carbons (Fsp3) is 0.500. The minimum Gasteiger partial charge on any atom is -0.370 e. The Morgan fingerprint density at radius 3 is 2.70 bits per heavy atom. The highest BCUT2D eigenvalue weighted by Crippen LogP contribution is 2.18. The molecule has 1 aliphatic rings. The first-order chi connectivity index (χ1) is 9.15. The van der Waals surface area contributed by atoms with Crippen molar-refractivity contribution in [3.8, 4) is 0 Å². The van der Waals surface area contributed by atoms with Gasteiger partial charge in [-0.15, -0.1) is 24.0 Å². The van der Waals surface area contributed by atoms with Gasteiger partial charge in [-0.2, -0.15) is 0 Å². The van der Waals surface area contributed by atoms with E-state index in [0.29, 0.717) is 18.5 Å². The lowest BCUT2D eigenvalue weighted by Gasteiger charge is -2.23. The Morgan fingerprint density at radius 1 is 1.35 bits per heavy atom. The Hall–Kier alpha value is -0.560. The molecule has 2 rings (SSSR count). The smallest absolute Gasteiger partial charge is 0.189 e. The number of guanidine groups is 1. The van der Waals surface area contributed by atoms with E-state index in [1.54, 1.807) is 12.1 Å². The van der Waals surface area contributed by atoms with Crippen LogP contribution < -0.4 is 11.1 Å². The van der Waals surface area contributed by atoms with E-state index in [2.05, 4.69) is 10.3 Å². The van der Waals surface area contributed by atoms with E-state index >= 15 is 0 Å². The minimum atomic E-state index is -0.414. The quantitative estimate of drug-likeness (QED) is 0.451. The Bertz CT molecular complexity index is 462. The van der Waals surface area contributed by atoms with Crippen LogP contribution in [0.25, 0.3) is 0 Å². The lowest BCUT2D eigenvalue weighted by molar-refractivity contribution is 0.412. The average Bonchev–Trinajstić information content (AvgIpc) is 2.41. The van der Waals surface area contributed by atoms with Crippen molar-refractivity contribution < 1.29 is 4.39 Å². The van der Waals surface area contributed by atoms with Crippen LogP contribution in [0.15, 0.2) is 23.2 Å². The van der Waals surface area contributed by atoms with Crippen molar-refractivity contribution in [2.75, 3.05) is 0 Å². The third-order valence-electron chi connectivity index (χ3n) is 3.37. The van der Waals surface area contributed by atoms with E-state index in [0.717, 1.165) is 18.4 Å². The summed E-state index contributed by atoms with van der Waals surface area (Å²) in [6.07, 6.45) is 6.11. The van der Waals surface area contributed by atoms with E-state index in [4.69, 9.17) is 17.3 Å². The molecule has 20 heavy (non-hydrogen) atoms. The van der Waals surface area contributed by atoms with Crippen molar-refractivity contribution in [2.24, 2.45) is 10.7 Å².